The zero-order valence-corrected chi connectivity index (χ0v) is 11.3. The Kier molecular flexibility index (Phi) is 2.86. The molecule has 3 nitrogen and oxygen atoms in total. The van der Waals surface area contributed by atoms with E-state index >= 15 is 0 Å². The van der Waals surface area contributed by atoms with Crippen molar-refractivity contribution in [3.63, 3.8) is 0 Å². The molecule has 0 fully saturated rings. The second-order valence-electron chi connectivity index (χ2n) is 3.65. The van der Waals surface area contributed by atoms with Crippen LogP contribution < -0.4 is 0 Å². The van der Waals surface area contributed by atoms with Crippen molar-refractivity contribution in [2.24, 2.45) is 0 Å². The van der Waals surface area contributed by atoms with E-state index < -0.39 is 0 Å². The minimum atomic E-state index is 0.514. The number of carbonyl (C=O) groups is 1. The molecular weight excluding hydrogens is 291 g/mol. The van der Waals surface area contributed by atoms with E-state index in [4.69, 9.17) is 23.2 Å². The number of fused-ring (bicyclic) bond motifs is 1. The fourth-order valence-corrected chi connectivity index (χ4v) is 3.41. The summed E-state index contributed by atoms with van der Waals surface area (Å²) in [6.07, 6.45) is 2.58. The van der Waals surface area contributed by atoms with Gasteiger partial charge in [0.15, 0.2) is 11.4 Å². The van der Waals surface area contributed by atoms with Crippen LogP contribution in [0.2, 0.25) is 10.0 Å². The molecule has 0 bridgehead atoms. The van der Waals surface area contributed by atoms with Crippen molar-refractivity contribution in [3.05, 3.63) is 46.2 Å². The van der Waals surface area contributed by atoms with Gasteiger partial charge in [-0.25, -0.2) is 4.98 Å². The smallest absolute Gasteiger partial charge is 0.195 e. The third-order valence-electron chi connectivity index (χ3n) is 2.51. The molecular formula is C12H6Cl2N2OS. The summed E-state index contributed by atoms with van der Waals surface area (Å²) in [6, 6.07) is 7.00. The van der Waals surface area contributed by atoms with Crippen LogP contribution in [-0.2, 0) is 0 Å². The monoisotopic (exact) mass is 296 g/mol. The zero-order chi connectivity index (χ0) is 12.7. The molecule has 3 aromatic rings. The van der Waals surface area contributed by atoms with Gasteiger partial charge in [-0.1, -0.05) is 34.5 Å². The Morgan fingerprint density at radius 2 is 2.17 bits per heavy atom. The van der Waals surface area contributed by atoms with Crippen molar-refractivity contribution in [1.29, 1.82) is 0 Å². The van der Waals surface area contributed by atoms with Crippen molar-refractivity contribution >= 4 is 51.0 Å². The standard InChI is InChI=1S/C12H6Cl2N2OS/c13-7-4-9(14)11-10(5-7)18-12(15-11)16-3-1-2-8(16)6-17/h1-6H. The van der Waals surface area contributed by atoms with Gasteiger partial charge in [-0.2, -0.15) is 0 Å². The quantitative estimate of drug-likeness (QED) is 0.664. The molecule has 0 saturated heterocycles. The Labute approximate surface area is 117 Å². The first kappa shape index (κ1) is 11.7. The maximum atomic E-state index is 10.9. The normalized spacial score (nSPS) is 11.0. The summed E-state index contributed by atoms with van der Waals surface area (Å²) in [5.41, 5.74) is 1.25. The summed E-state index contributed by atoms with van der Waals surface area (Å²) < 4.78 is 2.62. The molecule has 0 aliphatic rings. The molecule has 2 heterocycles. The zero-order valence-electron chi connectivity index (χ0n) is 8.93. The molecule has 3 rings (SSSR count). The molecule has 2 aromatic heterocycles. The maximum Gasteiger partial charge on any atom is 0.195 e. The van der Waals surface area contributed by atoms with Crippen molar-refractivity contribution in [3.8, 4) is 5.13 Å². The highest BCUT2D eigenvalue weighted by atomic mass is 35.5. The second kappa shape index (κ2) is 4.39. The van der Waals surface area contributed by atoms with Gasteiger partial charge in [-0.3, -0.25) is 9.36 Å². The van der Waals surface area contributed by atoms with Gasteiger partial charge in [0.25, 0.3) is 0 Å². The molecule has 0 aliphatic carbocycles. The van der Waals surface area contributed by atoms with E-state index in [2.05, 4.69) is 4.98 Å². The fourth-order valence-electron chi connectivity index (χ4n) is 1.71. The predicted octanol–water partition coefficient (Wildman–Crippen LogP) is 4.21. The number of nitrogens with zero attached hydrogens (tertiary/aromatic N) is 2. The molecule has 90 valence electrons. The van der Waals surface area contributed by atoms with Crippen molar-refractivity contribution < 1.29 is 4.79 Å². The number of aromatic nitrogens is 2. The lowest BCUT2D eigenvalue weighted by Crippen LogP contribution is -1.95. The van der Waals surface area contributed by atoms with Gasteiger partial charge in [0.1, 0.15) is 5.52 Å². The number of halogens is 2. The van der Waals surface area contributed by atoms with Gasteiger partial charge in [0, 0.05) is 11.2 Å². The summed E-state index contributed by atoms with van der Waals surface area (Å²) in [7, 11) is 0. The highest BCUT2D eigenvalue weighted by molar-refractivity contribution is 7.21. The molecule has 1 aromatic carbocycles. The third kappa shape index (κ3) is 1.82. The molecule has 6 heteroatoms. The Balaban J connectivity index is 2.25. The summed E-state index contributed by atoms with van der Waals surface area (Å²) in [6.45, 7) is 0. The summed E-state index contributed by atoms with van der Waals surface area (Å²) >= 11 is 13.5. The molecule has 0 aliphatic heterocycles. The van der Waals surface area contributed by atoms with E-state index in [-0.39, 0.29) is 0 Å². The van der Waals surface area contributed by atoms with E-state index in [9.17, 15) is 4.79 Å². The Morgan fingerprint density at radius 1 is 1.33 bits per heavy atom. The molecule has 0 atom stereocenters. The lowest BCUT2D eigenvalue weighted by molar-refractivity contribution is 0.111. The van der Waals surface area contributed by atoms with Crippen LogP contribution in [0.25, 0.3) is 15.3 Å². The van der Waals surface area contributed by atoms with E-state index in [1.807, 2.05) is 6.07 Å². The van der Waals surface area contributed by atoms with Crippen LogP contribution in [0.4, 0.5) is 0 Å². The van der Waals surface area contributed by atoms with Gasteiger partial charge in [0.05, 0.1) is 15.4 Å². The number of aldehydes is 1. The molecule has 0 spiro atoms. The highest BCUT2D eigenvalue weighted by Gasteiger charge is 2.11. The van der Waals surface area contributed by atoms with Crippen LogP contribution in [0, 0.1) is 0 Å². The van der Waals surface area contributed by atoms with E-state index in [0.29, 0.717) is 26.4 Å². The third-order valence-corrected chi connectivity index (χ3v) is 4.02. The first-order valence-corrected chi connectivity index (χ1v) is 6.65. The highest BCUT2D eigenvalue weighted by Crippen LogP contribution is 2.33. The largest absolute Gasteiger partial charge is 0.296 e. The molecule has 0 radical (unpaired) electrons. The lowest BCUT2D eigenvalue weighted by Gasteiger charge is -1.97. The number of carbonyl (C=O) groups excluding carboxylic acids is 1. The van der Waals surface area contributed by atoms with Crippen molar-refractivity contribution in [2.75, 3.05) is 0 Å². The number of hydrogen-bond acceptors (Lipinski definition) is 3. The number of benzene rings is 1. The van der Waals surface area contributed by atoms with Gasteiger partial charge in [-0.15, -0.1) is 0 Å². The number of hydrogen-bond donors (Lipinski definition) is 0. The Hall–Kier alpha value is -1.36. The average Bonchev–Trinajstić information content (AvgIpc) is 2.92. The molecule has 0 N–H and O–H groups in total. The van der Waals surface area contributed by atoms with Gasteiger partial charge < -0.3 is 0 Å². The summed E-state index contributed by atoms with van der Waals surface area (Å²) in [5, 5.41) is 1.78. The van der Waals surface area contributed by atoms with E-state index in [1.165, 1.54) is 11.3 Å². The summed E-state index contributed by atoms with van der Waals surface area (Å²) in [4.78, 5) is 15.3. The van der Waals surface area contributed by atoms with Crippen molar-refractivity contribution in [1.82, 2.24) is 9.55 Å². The predicted molar refractivity (Wildman–Crippen MR) is 74.4 cm³/mol. The first-order valence-electron chi connectivity index (χ1n) is 5.07. The van der Waals surface area contributed by atoms with Gasteiger partial charge in [-0.05, 0) is 24.3 Å². The van der Waals surface area contributed by atoms with Gasteiger partial charge >= 0.3 is 0 Å². The van der Waals surface area contributed by atoms with Crippen LogP contribution in [-0.4, -0.2) is 15.8 Å². The fraction of sp³-hybridized carbons (Fsp3) is 0. The van der Waals surface area contributed by atoms with Crippen LogP contribution in [0.1, 0.15) is 10.5 Å². The minimum absolute atomic E-state index is 0.514. The SMILES string of the molecule is O=Cc1cccn1-c1nc2c(Cl)cc(Cl)cc2s1. The number of rotatable bonds is 2. The molecule has 18 heavy (non-hydrogen) atoms. The van der Waals surface area contributed by atoms with Gasteiger partial charge in [0.2, 0.25) is 0 Å². The Bertz CT molecular complexity index is 748. The van der Waals surface area contributed by atoms with Crippen LogP contribution >= 0.6 is 34.5 Å². The maximum absolute atomic E-state index is 10.9. The number of thiazole rings is 1. The summed E-state index contributed by atoms with van der Waals surface area (Å²) in [5.74, 6) is 0. The molecule has 0 amide bonds. The Morgan fingerprint density at radius 3 is 2.94 bits per heavy atom. The average molecular weight is 297 g/mol. The minimum Gasteiger partial charge on any atom is -0.296 e. The topological polar surface area (TPSA) is 34.9 Å². The first-order chi connectivity index (χ1) is 8.69. The van der Waals surface area contributed by atoms with Crippen LogP contribution in [0.3, 0.4) is 0 Å². The van der Waals surface area contributed by atoms with Crippen LogP contribution in [0.15, 0.2) is 30.5 Å². The molecule has 0 saturated carbocycles. The lowest BCUT2D eigenvalue weighted by atomic mass is 10.3. The van der Waals surface area contributed by atoms with Crippen LogP contribution in [0.5, 0.6) is 0 Å². The van der Waals surface area contributed by atoms with E-state index in [0.717, 1.165) is 11.0 Å². The van der Waals surface area contributed by atoms with Crippen molar-refractivity contribution in [2.45, 2.75) is 0 Å². The molecule has 0 unspecified atom stereocenters. The van der Waals surface area contributed by atoms with E-state index in [1.54, 1.807) is 29.0 Å². The second-order valence-corrected chi connectivity index (χ2v) is 5.50.